The summed E-state index contributed by atoms with van der Waals surface area (Å²) in [5.41, 5.74) is 0.934. The summed E-state index contributed by atoms with van der Waals surface area (Å²) in [4.78, 5) is 14.3. The van der Waals surface area contributed by atoms with E-state index in [1.54, 1.807) is 4.68 Å². The first-order chi connectivity index (χ1) is 11.7. The van der Waals surface area contributed by atoms with Gasteiger partial charge in [0.15, 0.2) is 5.82 Å². The van der Waals surface area contributed by atoms with E-state index in [0.717, 1.165) is 30.9 Å². The lowest BCUT2D eigenvalue weighted by atomic mass is 9.97. The lowest BCUT2D eigenvalue weighted by Crippen LogP contribution is -2.41. The first-order valence-corrected chi connectivity index (χ1v) is 8.45. The zero-order valence-electron chi connectivity index (χ0n) is 14.1. The van der Waals surface area contributed by atoms with E-state index in [4.69, 9.17) is 4.74 Å². The fourth-order valence-corrected chi connectivity index (χ4v) is 3.18. The quantitative estimate of drug-likeness (QED) is 0.781. The number of tetrazole rings is 1. The van der Waals surface area contributed by atoms with Gasteiger partial charge in [0.05, 0.1) is 24.3 Å². The highest BCUT2D eigenvalue weighted by molar-refractivity contribution is 5.72. The summed E-state index contributed by atoms with van der Waals surface area (Å²) in [5.74, 6) is 0.616. The standard InChI is InChI=1S/C17H23N5O2/c1-3-24-17(23)14-8-7-11-21(12-14)13(2)16-18-19-20-22(16)15-9-5-4-6-10-15/h4-6,9-10,13-14H,3,7-8,11-12H2,1-2H3. The monoisotopic (exact) mass is 329 g/mol. The number of carbonyl (C=O) groups is 1. The molecular formula is C17H23N5O2. The number of aromatic nitrogens is 4. The molecule has 128 valence electrons. The molecule has 1 aliphatic heterocycles. The van der Waals surface area contributed by atoms with Crippen molar-refractivity contribution in [2.45, 2.75) is 32.7 Å². The molecule has 1 aromatic carbocycles. The molecule has 1 saturated heterocycles. The number of rotatable bonds is 5. The molecule has 24 heavy (non-hydrogen) atoms. The molecule has 3 rings (SSSR count). The summed E-state index contributed by atoms with van der Waals surface area (Å²) in [5, 5.41) is 12.2. The van der Waals surface area contributed by atoms with E-state index in [-0.39, 0.29) is 17.9 Å². The van der Waals surface area contributed by atoms with Crippen molar-refractivity contribution in [3.8, 4) is 5.69 Å². The Balaban J connectivity index is 1.76. The minimum absolute atomic E-state index is 0.0254. The van der Waals surface area contributed by atoms with Crippen molar-refractivity contribution in [1.82, 2.24) is 25.1 Å². The van der Waals surface area contributed by atoms with Crippen LogP contribution in [-0.4, -0.2) is 50.8 Å². The summed E-state index contributed by atoms with van der Waals surface area (Å²) in [6.07, 6.45) is 1.85. The van der Waals surface area contributed by atoms with Crippen molar-refractivity contribution in [2.24, 2.45) is 5.92 Å². The van der Waals surface area contributed by atoms with Gasteiger partial charge in [0.2, 0.25) is 0 Å². The van der Waals surface area contributed by atoms with Gasteiger partial charge in [0, 0.05) is 6.54 Å². The normalized spacial score (nSPS) is 19.8. The van der Waals surface area contributed by atoms with Crippen LogP contribution in [0.1, 0.15) is 38.6 Å². The zero-order valence-corrected chi connectivity index (χ0v) is 14.1. The number of carbonyl (C=O) groups excluding carboxylic acids is 1. The second-order valence-electron chi connectivity index (χ2n) is 6.05. The second kappa shape index (κ2) is 7.53. The molecule has 2 aromatic rings. The summed E-state index contributed by atoms with van der Waals surface area (Å²) in [6.45, 7) is 5.96. The van der Waals surface area contributed by atoms with Crippen LogP contribution >= 0.6 is 0 Å². The molecule has 0 aliphatic carbocycles. The Morgan fingerprint density at radius 1 is 1.38 bits per heavy atom. The number of esters is 1. The van der Waals surface area contributed by atoms with Crippen LogP contribution in [0.5, 0.6) is 0 Å². The molecule has 2 atom stereocenters. The topological polar surface area (TPSA) is 73.1 Å². The van der Waals surface area contributed by atoms with Gasteiger partial charge in [0.25, 0.3) is 0 Å². The minimum Gasteiger partial charge on any atom is -0.466 e. The van der Waals surface area contributed by atoms with Crippen LogP contribution in [0.3, 0.4) is 0 Å². The summed E-state index contributed by atoms with van der Waals surface area (Å²) in [6, 6.07) is 9.86. The zero-order chi connectivity index (χ0) is 16.9. The molecule has 7 heteroatoms. The van der Waals surface area contributed by atoms with Gasteiger partial charge in [-0.3, -0.25) is 9.69 Å². The molecule has 2 unspecified atom stereocenters. The smallest absolute Gasteiger partial charge is 0.310 e. The molecule has 1 fully saturated rings. The van der Waals surface area contributed by atoms with E-state index in [9.17, 15) is 4.79 Å². The summed E-state index contributed by atoms with van der Waals surface area (Å²) < 4.78 is 6.94. The SMILES string of the molecule is CCOC(=O)C1CCCN(C(C)c2nnnn2-c2ccccc2)C1. The molecule has 7 nitrogen and oxygen atoms in total. The van der Waals surface area contributed by atoms with Gasteiger partial charge in [-0.2, -0.15) is 4.68 Å². The Labute approximate surface area is 141 Å². The van der Waals surface area contributed by atoms with Crippen LogP contribution in [0.15, 0.2) is 30.3 Å². The number of ether oxygens (including phenoxy) is 1. The number of hydrogen-bond donors (Lipinski definition) is 0. The molecule has 2 heterocycles. The molecule has 0 radical (unpaired) electrons. The highest BCUT2D eigenvalue weighted by atomic mass is 16.5. The van der Waals surface area contributed by atoms with Crippen molar-refractivity contribution in [2.75, 3.05) is 19.7 Å². The van der Waals surface area contributed by atoms with Crippen LogP contribution in [0.2, 0.25) is 0 Å². The lowest BCUT2D eigenvalue weighted by molar-refractivity contribution is -0.150. The third-order valence-corrected chi connectivity index (χ3v) is 4.49. The van der Waals surface area contributed by atoms with Crippen LogP contribution in [-0.2, 0) is 9.53 Å². The molecule has 1 aromatic heterocycles. The predicted octanol–water partition coefficient (Wildman–Crippen LogP) is 2.00. The number of para-hydroxylation sites is 1. The number of benzene rings is 1. The largest absolute Gasteiger partial charge is 0.466 e. The Kier molecular flexibility index (Phi) is 5.20. The van der Waals surface area contributed by atoms with E-state index in [1.165, 1.54) is 0 Å². The van der Waals surface area contributed by atoms with Crippen LogP contribution in [0.25, 0.3) is 5.69 Å². The van der Waals surface area contributed by atoms with E-state index in [0.29, 0.717) is 13.2 Å². The van der Waals surface area contributed by atoms with E-state index < -0.39 is 0 Å². The Bertz CT molecular complexity index is 673. The summed E-state index contributed by atoms with van der Waals surface area (Å²) in [7, 11) is 0. The van der Waals surface area contributed by atoms with Gasteiger partial charge in [-0.05, 0) is 55.8 Å². The minimum atomic E-state index is -0.1000. The van der Waals surface area contributed by atoms with Crippen LogP contribution < -0.4 is 0 Å². The van der Waals surface area contributed by atoms with Crippen molar-refractivity contribution in [1.29, 1.82) is 0 Å². The van der Waals surface area contributed by atoms with Crippen molar-refractivity contribution in [3.05, 3.63) is 36.2 Å². The van der Waals surface area contributed by atoms with Crippen molar-refractivity contribution < 1.29 is 9.53 Å². The molecule has 1 aliphatic rings. The number of hydrogen-bond acceptors (Lipinski definition) is 6. The lowest BCUT2D eigenvalue weighted by Gasteiger charge is -2.35. The second-order valence-corrected chi connectivity index (χ2v) is 6.05. The van der Waals surface area contributed by atoms with Crippen LogP contribution in [0, 0.1) is 5.92 Å². The number of likely N-dealkylation sites (tertiary alicyclic amines) is 1. The molecule has 0 bridgehead atoms. The third-order valence-electron chi connectivity index (χ3n) is 4.49. The predicted molar refractivity (Wildman–Crippen MR) is 88.5 cm³/mol. The fourth-order valence-electron chi connectivity index (χ4n) is 3.18. The Morgan fingerprint density at radius 2 is 2.17 bits per heavy atom. The van der Waals surface area contributed by atoms with Gasteiger partial charge in [-0.1, -0.05) is 18.2 Å². The first-order valence-electron chi connectivity index (χ1n) is 8.45. The van der Waals surface area contributed by atoms with E-state index >= 15 is 0 Å². The molecule has 0 N–H and O–H groups in total. The van der Waals surface area contributed by atoms with Gasteiger partial charge < -0.3 is 4.74 Å². The van der Waals surface area contributed by atoms with Gasteiger partial charge >= 0.3 is 5.97 Å². The average molecular weight is 329 g/mol. The highest BCUT2D eigenvalue weighted by Gasteiger charge is 2.31. The van der Waals surface area contributed by atoms with Gasteiger partial charge in [-0.25, -0.2) is 0 Å². The molecular weight excluding hydrogens is 306 g/mol. The Morgan fingerprint density at radius 3 is 2.92 bits per heavy atom. The highest BCUT2D eigenvalue weighted by Crippen LogP contribution is 2.27. The maximum absolute atomic E-state index is 12.0. The van der Waals surface area contributed by atoms with Gasteiger partial charge in [-0.15, -0.1) is 5.10 Å². The third kappa shape index (κ3) is 3.46. The Hall–Kier alpha value is -2.28. The molecule has 0 spiro atoms. The van der Waals surface area contributed by atoms with Gasteiger partial charge in [0.1, 0.15) is 0 Å². The number of nitrogens with zero attached hydrogens (tertiary/aromatic N) is 5. The van der Waals surface area contributed by atoms with E-state index in [1.807, 2.05) is 37.3 Å². The van der Waals surface area contributed by atoms with E-state index in [2.05, 4.69) is 27.3 Å². The van der Waals surface area contributed by atoms with Crippen molar-refractivity contribution in [3.63, 3.8) is 0 Å². The van der Waals surface area contributed by atoms with Crippen LogP contribution in [0.4, 0.5) is 0 Å². The van der Waals surface area contributed by atoms with Crippen molar-refractivity contribution >= 4 is 5.97 Å². The summed E-state index contributed by atoms with van der Waals surface area (Å²) >= 11 is 0. The number of piperidine rings is 1. The molecule has 0 amide bonds. The molecule has 0 saturated carbocycles. The maximum atomic E-state index is 12.0. The maximum Gasteiger partial charge on any atom is 0.310 e. The fraction of sp³-hybridized carbons (Fsp3) is 0.529. The first kappa shape index (κ1) is 16.6. The average Bonchev–Trinajstić information content (AvgIpc) is 3.12.